The zero-order valence-electron chi connectivity index (χ0n) is 24.7. The third-order valence-electron chi connectivity index (χ3n) is 10.3. The van der Waals surface area contributed by atoms with E-state index in [1.54, 1.807) is 27.7 Å². The molecule has 4 aliphatic carbocycles. The summed E-state index contributed by atoms with van der Waals surface area (Å²) in [5.41, 5.74) is 1.87. The molecule has 0 aromatic heterocycles. The van der Waals surface area contributed by atoms with Crippen molar-refractivity contribution in [2.75, 3.05) is 0 Å². The number of rotatable bonds is 5. The Kier molecular flexibility index (Phi) is 7.90. The van der Waals surface area contributed by atoms with Crippen molar-refractivity contribution in [3.8, 4) is 0 Å². The van der Waals surface area contributed by atoms with E-state index in [9.17, 15) is 14.4 Å². The number of amides is 1. The summed E-state index contributed by atoms with van der Waals surface area (Å²) >= 11 is 0. The summed E-state index contributed by atoms with van der Waals surface area (Å²) in [7, 11) is 0. The van der Waals surface area contributed by atoms with Gasteiger partial charge in [0.25, 0.3) is 0 Å². The molecule has 0 aromatic rings. The number of allylic oxidation sites excluding steroid dienone is 2. The topological polar surface area (TPSA) is 94.1 Å². The molecule has 0 radical (unpaired) electrons. The second kappa shape index (κ2) is 10.4. The van der Waals surface area contributed by atoms with E-state index in [1.165, 1.54) is 24.8 Å². The Morgan fingerprint density at radius 3 is 2.37 bits per heavy atom. The molecule has 0 aliphatic heterocycles. The van der Waals surface area contributed by atoms with Crippen LogP contribution in [0.3, 0.4) is 0 Å². The van der Waals surface area contributed by atoms with Gasteiger partial charge < -0.3 is 14.9 Å². The molecule has 1 N–H and O–H groups in total. The molecule has 0 saturated heterocycles. The number of oxime groups is 1. The highest BCUT2D eigenvalue weighted by atomic mass is 16.7. The van der Waals surface area contributed by atoms with E-state index < -0.39 is 23.7 Å². The summed E-state index contributed by atoms with van der Waals surface area (Å²) in [6.45, 7) is 15.6. The van der Waals surface area contributed by atoms with Gasteiger partial charge in [-0.05, 0) is 120 Å². The van der Waals surface area contributed by atoms with E-state index in [2.05, 4.69) is 30.4 Å². The minimum Gasteiger partial charge on any atom is -0.444 e. The van der Waals surface area contributed by atoms with Crippen molar-refractivity contribution in [2.24, 2.45) is 45.6 Å². The van der Waals surface area contributed by atoms with Crippen molar-refractivity contribution in [3.05, 3.63) is 11.6 Å². The summed E-state index contributed by atoms with van der Waals surface area (Å²) in [6.07, 6.45) is 10.1. The number of hydrogen-bond acceptors (Lipinski definition) is 6. The Bertz CT molecular complexity index is 1020. The summed E-state index contributed by atoms with van der Waals surface area (Å²) < 4.78 is 5.31. The van der Waals surface area contributed by atoms with Gasteiger partial charge >= 0.3 is 12.1 Å². The molecule has 7 heteroatoms. The SMILES string of the molecule is CC(=O)[C@H]1CC[C@H]2[C@@H]3CCC4=C/C(=N/OC(=O)[C@@H](NC(=O)OC(C)(C)C)C(C)C)CC[C@]4(C)[C@H]3CC[C@]12C. The summed E-state index contributed by atoms with van der Waals surface area (Å²) in [4.78, 5) is 42.8. The fraction of sp³-hybridized carbons (Fsp3) is 0.806. The Labute approximate surface area is 228 Å². The average molecular weight is 529 g/mol. The summed E-state index contributed by atoms with van der Waals surface area (Å²) in [5.74, 6) is 1.83. The second-order valence-electron chi connectivity index (χ2n) is 14.1. The lowest BCUT2D eigenvalue weighted by Gasteiger charge is -2.58. The number of hydrogen-bond donors (Lipinski definition) is 1. The van der Waals surface area contributed by atoms with Crippen LogP contribution in [0.2, 0.25) is 0 Å². The maximum Gasteiger partial charge on any atom is 0.408 e. The fourth-order valence-electron chi connectivity index (χ4n) is 8.40. The first-order chi connectivity index (χ1) is 17.7. The Morgan fingerprint density at radius 2 is 1.74 bits per heavy atom. The molecule has 7 atom stereocenters. The number of ether oxygens (including phenoxy) is 1. The van der Waals surface area contributed by atoms with Crippen LogP contribution >= 0.6 is 0 Å². The molecule has 0 heterocycles. The number of ketones is 1. The first-order valence-corrected chi connectivity index (χ1v) is 14.6. The number of alkyl carbamates (subject to hydrolysis) is 1. The quantitative estimate of drug-likeness (QED) is 0.320. The lowest BCUT2D eigenvalue weighted by molar-refractivity contribution is -0.147. The molecule has 212 valence electrons. The van der Waals surface area contributed by atoms with E-state index in [4.69, 9.17) is 9.57 Å². The van der Waals surface area contributed by atoms with Crippen LogP contribution in [0, 0.1) is 40.4 Å². The highest BCUT2D eigenvalue weighted by molar-refractivity contribution is 5.97. The Morgan fingerprint density at radius 1 is 1.03 bits per heavy atom. The number of Topliss-reactive ketones (excluding diaryl/α,β-unsaturated/α-hetero) is 1. The molecular weight excluding hydrogens is 480 g/mol. The van der Waals surface area contributed by atoms with Crippen LogP contribution in [0.15, 0.2) is 16.8 Å². The van der Waals surface area contributed by atoms with E-state index in [0.29, 0.717) is 23.5 Å². The number of nitrogens with zero attached hydrogens (tertiary/aromatic N) is 1. The largest absolute Gasteiger partial charge is 0.444 e. The first kappa shape index (κ1) is 28.8. The van der Waals surface area contributed by atoms with Gasteiger partial charge in [0.05, 0.1) is 5.71 Å². The predicted octanol–water partition coefficient (Wildman–Crippen LogP) is 6.60. The van der Waals surface area contributed by atoms with Gasteiger partial charge in [-0.1, -0.05) is 38.4 Å². The van der Waals surface area contributed by atoms with Gasteiger partial charge in [-0.15, -0.1) is 0 Å². The third kappa shape index (κ3) is 5.44. The molecule has 7 nitrogen and oxygen atoms in total. The van der Waals surface area contributed by atoms with Gasteiger partial charge in [0, 0.05) is 5.92 Å². The summed E-state index contributed by atoms with van der Waals surface area (Å²) in [5, 5.41) is 6.88. The van der Waals surface area contributed by atoms with E-state index in [-0.39, 0.29) is 22.7 Å². The fourth-order valence-corrected chi connectivity index (χ4v) is 8.40. The van der Waals surface area contributed by atoms with Crippen molar-refractivity contribution in [1.82, 2.24) is 5.32 Å². The van der Waals surface area contributed by atoms with Crippen LogP contribution in [-0.2, 0) is 19.2 Å². The maximum absolute atomic E-state index is 12.8. The van der Waals surface area contributed by atoms with Crippen molar-refractivity contribution in [2.45, 2.75) is 118 Å². The van der Waals surface area contributed by atoms with Gasteiger partial charge in [-0.3, -0.25) is 4.79 Å². The molecule has 0 bridgehead atoms. The first-order valence-electron chi connectivity index (χ1n) is 14.6. The van der Waals surface area contributed by atoms with Gasteiger partial charge in [-0.25, -0.2) is 9.59 Å². The van der Waals surface area contributed by atoms with Crippen molar-refractivity contribution >= 4 is 23.6 Å². The van der Waals surface area contributed by atoms with Crippen LogP contribution in [0.5, 0.6) is 0 Å². The highest BCUT2D eigenvalue weighted by Gasteiger charge is 2.59. The van der Waals surface area contributed by atoms with Crippen LogP contribution in [0.4, 0.5) is 4.79 Å². The molecule has 1 amide bonds. The van der Waals surface area contributed by atoms with Crippen LogP contribution in [0.25, 0.3) is 0 Å². The normalized spacial score (nSPS) is 36.4. The highest BCUT2D eigenvalue weighted by Crippen LogP contribution is 2.66. The number of carbonyl (C=O) groups is 3. The molecule has 4 rings (SSSR count). The molecule has 0 spiro atoms. The molecule has 0 unspecified atom stereocenters. The van der Waals surface area contributed by atoms with Crippen LogP contribution < -0.4 is 5.32 Å². The van der Waals surface area contributed by atoms with Gasteiger partial charge in [-0.2, -0.15) is 0 Å². The average Bonchev–Trinajstić information content (AvgIpc) is 3.17. The molecular formula is C31H48N2O5. The molecule has 3 saturated carbocycles. The molecule has 3 fully saturated rings. The van der Waals surface area contributed by atoms with E-state index in [0.717, 1.165) is 37.8 Å². The lowest BCUT2D eigenvalue weighted by Crippen LogP contribution is -2.51. The number of nitrogens with one attached hydrogen (secondary N) is 1. The van der Waals surface area contributed by atoms with Gasteiger partial charge in [0.15, 0.2) is 0 Å². The standard InChI is InChI=1S/C31H48N2O5/c1-18(2)26(32-28(36)37-29(4,5)6)27(35)38-33-21-13-15-30(7)20(17-21)9-10-22-24-12-11-23(19(3)34)31(24,8)16-14-25(22)30/h17-18,22-26H,9-16H2,1-8H3,(H,32,36)/b33-21+/t22-,23+,24-,25-,26-,30-,31+/m0/s1. The third-order valence-corrected chi connectivity index (χ3v) is 10.3. The summed E-state index contributed by atoms with van der Waals surface area (Å²) in [6, 6.07) is -0.840. The Balaban J connectivity index is 1.44. The minimum atomic E-state index is -0.840. The van der Waals surface area contributed by atoms with E-state index >= 15 is 0 Å². The minimum absolute atomic E-state index is 0.139. The van der Waals surface area contributed by atoms with Crippen LogP contribution in [-0.4, -0.2) is 35.2 Å². The monoisotopic (exact) mass is 528 g/mol. The van der Waals surface area contributed by atoms with Gasteiger partial charge in [0.2, 0.25) is 0 Å². The second-order valence-corrected chi connectivity index (χ2v) is 14.1. The number of fused-ring (bicyclic) bond motifs is 5. The molecule has 4 aliphatic rings. The smallest absolute Gasteiger partial charge is 0.408 e. The zero-order chi connectivity index (χ0) is 28.0. The maximum atomic E-state index is 12.8. The Hall–Kier alpha value is -2.18. The van der Waals surface area contributed by atoms with Crippen molar-refractivity contribution in [1.29, 1.82) is 0 Å². The van der Waals surface area contributed by atoms with Crippen molar-refractivity contribution in [3.63, 3.8) is 0 Å². The van der Waals surface area contributed by atoms with Crippen molar-refractivity contribution < 1.29 is 24.0 Å². The molecule has 38 heavy (non-hydrogen) atoms. The lowest BCUT2D eigenvalue weighted by atomic mass is 9.46. The zero-order valence-corrected chi connectivity index (χ0v) is 24.7. The molecule has 0 aromatic carbocycles. The number of carbonyl (C=O) groups excluding carboxylic acids is 3. The van der Waals surface area contributed by atoms with Crippen LogP contribution in [0.1, 0.15) is 107 Å². The predicted molar refractivity (Wildman–Crippen MR) is 147 cm³/mol. The van der Waals surface area contributed by atoms with E-state index in [1.807, 2.05) is 13.8 Å². The van der Waals surface area contributed by atoms with Gasteiger partial charge in [0.1, 0.15) is 17.4 Å².